The van der Waals surface area contributed by atoms with E-state index in [4.69, 9.17) is 5.84 Å². The number of anilines is 1. The standard InChI is InChI=1S/C11H13BrN4O2S2/c1-7(9-3-2-4-19-9)16-20(17,18)10-5-8(12)6-14-11(10)15-13/h2-7,16H,13H2,1H3,(H,14,15). The number of rotatable bonds is 5. The number of pyridine rings is 1. The molecule has 0 aliphatic rings. The van der Waals surface area contributed by atoms with Gasteiger partial charge in [-0.1, -0.05) is 6.07 Å². The lowest BCUT2D eigenvalue weighted by Gasteiger charge is -2.14. The molecule has 1 unspecified atom stereocenters. The molecule has 2 aromatic heterocycles. The summed E-state index contributed by atoms with van der Waals surface area (Å²) in [6.45, 7) is 1.78. The van der Waals surface area contributed by atoms with E-state index in [9.17, 15) is 8.42 Å². The lowest BCUT2D eigenvalue weighted by molar-refractivity contribution is 0.568. The molecule has 0 bridgehead atoms. The summed E-state index contributed by atoms with van der Waals surface area (Å²) in [4.78, 5) is 4.86. The molecule has 0 aromatic carbocycles. The fourth-order valence-corrected chi connectivity index (χ4v) is 4.29. The quantitative estimate of drug-likeness (QED) is 0.549. The Bertz CT molecular complexity index is 688. The van der Waals surface area contributed by atoms with Gasteiger partial charge < -0.3 is 5.43 Å². The minimum absolute atomic E-state index is 0.00205. The summed E-state index contributed by atoms with van der Waals surface area (Å²) in [7, 11) is -3.73. The molecule has 0 aliphatic heterocycles. The van der Waals surface area contributed by atoms with Crippen LogP contribution in [0.5, 0.6) is 0 Å². The van der Waals surface area contributed by atoms with E-state index in [1.54, 1.807) is 6.92 Å². The van der Waals surface area contributed by atoms with Crippen molar-refractivity contribution in [3.8, 4) is 0 Å². The second-order valence-corrected chi connectivity index (χ2v) is 7.58. The highest BCUT2D eigenvalue weighted by molar-refractivity contribution is 9.10. The topological polar surface area (TPSA) is 97.1 Å². The molecule has 2 rings (SSSR count). The molecule has 0 radical (unpaired) electrons. The van der Waals surface area contributed by atoms with Gasteiger partial charge in [0.25, 0.3) is 0 Å². The van der Waals surface area contributed by atoms with Crippen LogP contribution < -0.4 is 16.0 Å². The summed E-state index contributed by atoms with van der Waals surface area (Å²) in [6.07, 6.45) is 1.47. The Kier molecular flexibility index (Phi) is 4.76. The normalized spacial score (nSPS) is 13.2. The van der Waals surface area contributed by atoms with Gasteiger partial charge in [-0.15, -0.1) is 11.3 Å². The summed E-state index contributed by atoms with van der Waals surface area (Å²) in [6, 6.07) is 4.87. The highest BCUT2D eigenvalue weighted by atomic mass is 79.9. The van der Waals surface area contributed by atoms with Crippen LogP contribution >= 0.6 is 27.3 Å². The van der Waals surface area contributed by atoms with Crippen molar-refractivity contribution in [1.82, 2.24) is 9.71 Å². The molecule has 4 N–H and O–H groups in total. The minimum Gasteiger partial charge on any atom is -0.307 e. The first-order valence-electron chi connectivity index (χ1n) is 5.62. The van der Waals surface area contributed by atoms with Crippen molar-refractivity contribution in [2.24, 2.45) is 5.84 Å². The van der Waals surface area contributed by atoms with Crippen LogP contribution in [0.25, 0.3) is 0 Å². The van der Waals surface area contributed by atoms with E-state index in [-0.39, 0.29) is 16.8 Å². The Balaban J connectivity index is 2.33. The Morgan fingerprint density at radius 2 is 2.25 bits per heavy atom. The second kappa shape index (κ2) is 6.19. The average molecular weight is 377 g/mol. The largest absolute Gasteiger partial charge is 0.307 e. The summed E-state index contributed by atoms with van der Waals surface area (Å²) >= 11 is 4.69. The Hall–Kier alpha value is -1.00. The third-order valence-corrected chi connectivity index (χ3v) is 5.59. The predicted molar refractivity (Wildman–Crippen MR) is 82.8 cm³/mol. The number of hydrazine groups is 1. The summed E-state index contributed by atoms with van der Waals surface area (Å²) in [5, 5.41) is 1.90. The van der Waals surface area contributed by atoms with E-state index in [1.807, 2.05) is 17.5 Å². The third-order valence-electron chi connectivity index (χ3n) is 2.55. The molecular weight excluding hydrogens is 364 g/mol. The zero-order valence-electron chi connectivity index (χ0n) is 10.5. The number of sulfonamides is 1. The van der Waals surface area contributed by atoms with Crippen molar-refractivity contribution < 1.29 is 8.42 Å². The molecule has 9 heteroatoms. The molecule has 6 nitrogen and oxygen atoms in total. The van der Waals surface area contributed by atoms with Gasteiger partial charge in [-0.3, -0.25) is 0 Å². The van der Waals surface area contributed by atoms with Gasteiger partial charge in [0.05, 0.1) is 6.04 Å². The van der Waals surface area contributed by atoms with Crippen LogP contribution in [-0.4, -0.2) is 13.4 Å². The molecule has 0 fully saturated rings. The average Bonchev–Trinajstić information content (AvgIpc) is 2.92. The Labute approximate surface area is 129 Å². The van der Waals surface area contributed by atoms with Crippen molar-refractivity contribution in [1.29, 1.82) is 0 Å². The van der Waals surface area contributed by atoms with Crippen LogP contribution in [-0.2, 0) is 10.0 Å². The lowest BCUT2D eigenvalue weighted by atomic mass is 10.3. The van der Waals surface area contributed by atoms with Crippen LogP contribution in [0.3, 0.4) is 0 Å². The van der Waals surface area contributed by atoms with Crippen LogP contribution in [0.1, 0.15) is 17.8 Å². The molecule has 0 spiro atoms. The van der Waals surface area contributed by atoms with E-state index < -0.39 is 10.0 Å². The smallest absolute Gasteiger partial charge is 0.244 e. The first kappa shape index (κ1) is 15.4. The van der Waals surface area contributed by atoms with E-state index in [2.05, 4.69) is 31.1 Å². The number of nitrogens with one attached hydrogen (secondary N) is 2. The van der Waals surface area contributed by atoms with Crippen molar-refractivity contribution in [3.63, 3.8) is 0 Å². The van der Waals surface area contributed by atoms with Crippen molar-refractivity contribution in [3.05, 3.63) is 39.1 Å². The monoisotopic (exact) mass is 376 g/mol. The highest BCUT2D eigenvalue weighted by Gasteiger charge is 2.23. The number of nitrogen functional groups attached to an aromatic ring is 1. The third kappa shape index (κ3) is 3.36. The van der Waals surface area contributed by atoms with Gasteiger partial charge in [0.15, 0.2) is 5.82 Å². The number of halogens is 1. The van der Waals surface area contributed by atoms with Crippen molar-refractivity contribution >= 4 is 43.1 Å². The van der Waals surface area contributed by atoms with Crippen LogP contribution in [0.15, 0.2) is 39.1 Å². The molecule has 1 atom stereocenters. The van der Waals surface area contributed by atoms with Gasteiger partial charge in [0, 0.05) is 15.5 Å². The zero-order valence-corrected chi connectivity index (χ0v) is 13.7. The number of nitrogens with two attached hydrogens (primary N) is 1. The van der Waals surface area contributed by atoms with E-state index in [1.165, 1.54) is 23.6 Å². The number of thiophene rings is 1. The molecule has 0 saturated heterocycles. The maximum absolute atomic E-state index is 12.4. The van der Waals surface area contributed by atoms with Gasteiger partial charge in [-0.2, -0.15) is 0 Å². The maximum Gasteiger partial charge on any atom is 0.244 e. The fraction of sp³-hybridized carbons (Fsp3) is 0.182. The highest BCUT2D eigenvalue weighted by Crippen LogP contribution is 2.25. The molecule has 2 heterocycles. The van der Waals surface area contributed by atoms with Crippen molar-refractivity contribution in [2.45, 2.75) is 17.9 Å². The van der Waals surface area contributed by atoms with Crippen LogP contribution in [0, 0.1) is 0 Å². The van der Waals surface area contributed by atoms with E-state index in [0.717, 1.165) is 4.88 Å². The van der Waals surface area contributed by atoms with Crippen LogP contribution in [0.2, 0.25) is 0 Å². The molecule has 0 aliphatic carbocycles. The maximum atomic E-state index is 12.4. The molecule has 0 saturated carbocycles. The predicted octanol–water partition coefficient (Wildman–Crippen LogP) is 2.23. The molecule has 2 aromatic rings. The minimum atomic E-state index is -3.73. The Morgan fingerprint density at radius 3 is 2.85 bits per heavy atom. The van der Waals surface area contributed by atoms with Gasteiger partial charge in [0.2, 0.25) is 10.0 Å². The summed E-state index contributed by atoms with van der Waals surface area (Å²) in [5.41, 5.74) is 2.29. The van der Waals surface area contributed by atoms with Crippen molar-refractivity contribution in [2.75, 3.05) is 5.43 Å². The summed E-state index contributed by atoms with van der Waals surface area (Å²) < 4.78 is 28.0. The number of hydrogen-bond donors (Lipinski definition) is 3. The number of aromatic nitrogens is 1. The SMILES string of the molecule is CC(NS(=O)(=O)c1cc(Br)cnc1NN)c1cccs1. The first-order valence-corrected chi connectivity index (χ1v) is 8.77. The van der Waals surface area contributed by atoms with E-state index in [0.29, 0.717) is 4.47 Å². The van der Waals surface area contributed by atoms with E-state index >= 15 is 0 Å². The number of nitrogens with zero attached hydrogens (tertiary/aromatic N) is 1. The van der Waals surface area contributed by atoms with Gasteiger partial charge in [-0.25, -0.2) is 24.0 Å². The van der Waals surface area contributed by atoms with Gasteiger partial charge in [-0.05, 0) is 40.4 Å². The lowest BCUT2D eigenvalue weighted by Crippen LogP contribution is -2.28. The number of hydrogen-bond acceptors (Lipinski definition) is 6. The Morgan fingerprint density at radius 1 is 1.50 bits per heavy atom. The van der Waals surface area contributed by atoms with Crippen LogP contribution in [0.4, 0.5) is 5.82 Å². The first-order chi connectivity index (χ1) is 9.44. The summed E-state index contributed by atoms with van der Waals surface area (Å²) in [5.74, 6) is 5.40. The molecule has 0 amide bonds. The zero-order chi connectivity index (χ0) is 14.8. The molecule has 20 heavy (non-hydrogen) atoms. The van der Waals surface area contributed by atoms with Gasteiger partial charge in [0.1, 0.15) is 4.90 Å². The molecule has 108 valence electrons. The fourth-order valence-electron chi connectivity index (χ4n) is 1.63. The second-order valence-electron chi connectivity index (χ2n) is 4.00. The van der Waals surface area contributed by atoms with Gasteiger partial charge >= 0.3 is 0 Å². The molecular formula is C11H13BrN4O2S2.